The zero-order valence-electron chi connectivity index (χ0n) is 12.1. The van der Waals surface area contributed by atoms with Gasteiger partial charge in [0, 0.05) is 13.0 Å². The maximum Gasteiger partial charge on any atom is 0.154 e. The number of methoxy groups -OCH3 is 1. The molecule has 3 rings (SSSR count). The van der Waals surface area contributed by atoms with Gasteiger partial charge in [0.2, 0.25) is 0 Å². The van der Waals surface area contributed by atoms with E-state index >= 15 is 0 Å². The van der Waals surface area contributed by atoms with Crippen molar-refractivity contribution >= 4 is 5.78 Å². The number of hydrogen-bond acceptors (Lipinski definition) is 3. The molecule has 0 aliphatic carbocycles. The van der Waals surface area contributed by atoms with Gasteiger partial charge in [-0.1, -0.05) is 36.4 Å². The number of carbonyl (C=O) groups is 1. The second kappa shape index (κ2) is 6.10. The van der Waals surface area contributed by atoms with Crippen molar-refractivity contribution < 1.29 is 9.53 Å². The fourth-order valence-corrected chi connectivity index (χ4v) is 2.79. The SMILES string of the molecule is COc1cccc(CC(=O)C2Cc3ccccc3CN2)c1. The van der Waals surface area contributed by atoms with E-state index in [-0.39, 0.29) is 11.8 Å². The molecule has 2 aromatic rings. The number of rotatable bonds is 4. The Bertz CT molecular complexity index is 651. The van der Waals surface area contributed by atoms with Gasteiger partial charge in [0.15, 0.2) is 5.78 Å². The smallest absolute Gasteiger partial charge is 0.154 e. The maximum absolute atomic E-state index is 12.5. The van der Waals surface area contributed by atoms with Crippen LogP contribution in [0.25, 0.3) is 0 Å². The van der Waals surface area contributed by atoms with Crippen molar-refractivity contribution in [1.29, 1.82) is 0 Å². The minimum Gasteiger partial charge on any atom is -0.497 e. The zero-order valence-corrected chi connectivity index (χ0v) is 12.1. The van der Waals surface area contributed by atoms with Crippen molar-refractivity contribution in [2.75, 3.05) is 7.11 Å². The minimum absolute atomic E-state index is 0.0916. The summed E-state index contributed by atoms with van der Waals surface area (Å²) in [6.07, 6.45) is 1.22. The van der Waals surface area contributed by atoms with Crippen molar-refractivity contribution in [2.45, 2.75) is 25.4 Å². The highest BCUT2D eigenvalue weighted by Gasteiger charge is 2.23. The summed E-state index contributed by atoms with van der Waals surface area (Å²) in [6.45, 7) is 0.769. The third-order valence-corrected chi connectivity index (χ3v) is 3.98. The molecular formula is C18H19NO2. The van der Waals surface area contributed by atoms with Gasteiger partial charge in [0.05, 0.1) is 13.2 Å². The molecule has 1 atom stereocenters. The van der Waals surface area contributed by atoms with Crippen LogP contribution in [0, 0.1) is 0 Å². The molecule has 1 unspecified atom stereocenters. The number of carbonyl (C=O) groups excluding carboxylic acids is 1. The minimum atomic E-state index is -0.0916. The first-order chi connectivity index (χ1) is 10.3. The van der Waals surface area contributed by atoms with Gasteiger partial charge in [-0.05, 0) is 35.2 Å². The summed E-state index contributed by atoms with van der Waals surface area (Å²) in [5.41, 5.74) is 3.57. The van der Waals surface area contributed by atoms with Gasteiger partial charge < -0.3 is 10.1 Å². The Morgan fingerprint density at radius 2 is 2.00 bits per heavy atom. The third kappa shape index (κ3) is 3.14. The van der Waals surface area contributed by atoms with Crippen molar-refractivity contribution in [3.05, 3.63) is 65.2 Å². The Hall–Kier alpha value is -2.13. The molecular weight excluding hydrogens is 262 g/mol. The van der Waals surface area contributed by atoms with Gasteiger partial charge in [-0.25, -0.2) is 0 Å². The Labute approximate surface area is 124 Å². The van der Waals surface area contributed by atoms with Crippen LogP contribution >= 0.6 is 0 Å². The summed E-state index contributed by atoms with van der Waals surface area (Å²) < 4.78 is 5.20. The van der Waals surface area contributed by atoms with E-state index in [1.165, 1.54) is 11.1 Å². The molecule has 108 valence electrons. The van der Waals surface area contributed by atoms with Gasteiger partial charge in [-0.3, -0.25) is 4.79 Å². The number of hydrogen-bond donors (Lipinski definition) is 1. The lowest BCUT2D eigenvalue weighted by molar-refractivity contribution is -0.120. The average Bonchev–Trinajstić information content (AvgIpc) is 2.54. The number of fused-ring (bicyclic) bond motifs is 1. The van der Waals surface area contributed by atoms with Crippen LogP contribution in [0.5, 0.6) is 5.75 Å². The molecule has 0 fully saturated rings. The predicted octanol–water partition coefficient (Wildman–Crippen LogP) is 2.52. The summed E-state index contributed by atoms with van der Waals surface area (Å²) in [5, 5.41) is 3.34. The molecule has 3 heteroatoms. The topological polar surface area (TPSA) is 38.3 Å². The monoisotopic (exact) mass is 281 g/mol. The second-order valence-corrected chi connectivity index (χ2v) is 5.40. The highest BCUT2D eigenvalue weighted by molar-refractivity contribution is 5.86. The maximum atomic E-state index is 12.5. The molecule has 0 bridgehead atoms. The van der Waals surface area contributed by atoms with E-state index in [1.54, 1.807) is 7.11 Å². The summed E-state index contributed by atoms with van der Waals surface area (Å²) in [5.74, 6) is 1.03. The lowest BCUT2D eigenvalue weighted by atomic mass is 9.91. The Morgan fingerprint density at radius 1 is 1.19 bits per heavy atom. The normalized spacial score (nSPS) is 17.1. The molecule has 3 nitrogen and oxygen atoms in total. The largest absolute Gasteiger partial charge is 0.497 e. The average molecular weight is 281 g/mol. The molecule has 2 aromatic carbocycles. The first-order valence-electron chi connectivity index (χ1n) is 7.22. The van der Waals surface area contributed by atoms with E-state index in [0.717, 1.165) is 24.3 Å². The quantitative estimate of drug-likeness (QED) is 0.936. The van der Waals surface area contributed by atoms with Crippen LogP contribution < -0.4 is 10.1 Å². The van der Waals surface area contributed by atoms with Crippen LogP contribution in [-0.4, -0.2) is 18.9 Å². The Balaban J connectivity index is 1.69. The van der Waals surface area contributed by atoms with Crippen LogP contribution in [-0.2, 0) is 24.2 Å². The number of ether oxygens (including phenoxy) is 1. The zero-order chi connectivity index (χ0) is 14.7. The first kappa shape index (κ1) is 13.8. The third-order valence-electron chi connectivity index (χ3n) is 3.98. The van der Waals surface area contributed by atoms with Gasteiger partial charge in [0.1, 0.15) is 5.75 Å². The molecule has 0 amide bonds. The van der Waals surface area contributed by atoms with Crippen LogP contribution in [0.15, 0.2) is 48.5 Å². The van der Waals surface area contributed by atoms with Crippen molar-refractivity contribution in [1.82, 2.24) is 5.32 Å². The number of nitrogens with one attached hydrogen (secondary N) is 1. The highest BCUT2D eigenvalue weighted by atomic mass is 16.5. The van der Waals surface area contributed by atoms with Crippen LogP contribution in [0.2, 0.25) is 0 Å². The molecule has 1 N–H and O–H groups in total. The van der Waals surface area contributed by atoms with E-state index in [9.17, 15) is 4.79 Å². The van der Waals surface area contributed by atoms with Gasteiger partial charge >= 0.3 is 0 Å². The molecule has 0 radical (unpaired) electrons. The van der Waals surface area contributed by atoms with E-state index < -0.39 is 0 Å². The molecule has 0 saturated heterocycles. The van der Waals surface area contributed by atoms with Crippen LogP contribution in [0.1, 0.15) is 16.7 Å². The van der Waals surface area contributed by atoms with Crippen molar-refractivity contribution in [3.8, 4) is 5.75 Å². The summed E-state index contributed by atoms with van der Waals surface area (Å²) in [6, 6.07) is 15.9. The Kier molecular flexibility index (Phi) is 4.02. The number of benzene rings is 2. The summed E-state index contributed by atoms with van der Waals surface area (Å²) in [4.78, 5) is 12.5. The number of ketones is 1. The van der Waals surface area contributed by atoms with Crippen molar-refractivity contribution in [3.63, 3.8) is 0 Å². The lowest BCUT2D eigenvalue weighted by Crippen LogP contribution is -2.42. The van der Waals surface area contributed by atoms with E-state index in [0.29, 0.717) is 6.42 Å². The Morgan fingerprint density at radius 3 is 2.81 bits per heavy atom. The summed E-state index contributed by atoms with van der Waals surface area (Å²) >= 11 is 0. The fourth-order valence-electron chi connectivity index (χ4n) is 2.79. The van der Waals surface area contributed by atoms with Gasteiger partial charge in [0.25, 0.3) is 0 Å². The van der Waals surface area contributed by atoms with Crippen LogP contribution in [0.4, 0.5) is 0 Å². The highest BCUT2D eigenvalue weighted by Crippen LogP contribution is 2.19. The molecule has 1 aliphatic heterocycles. The van der Waals surface area contributed by atoms with Gasteiger partial charge in [-0.2, -0.15) is 0 Å². The fraction of sp³-hybridized carbons (Fsp3) is 0.278. The molecule has 0 spiro atoms. The summed E-state index contributed by atoms with van der Waals surface area (Å²) in [7, 11) is 1.64. The molecule has 1 heterocycles. The lowest BCUT2D eigenvalue weighted by Gasteiger charge is -2.25. The van der Waals surface area contributed by atoms with Gasteiger partial charge in [-0.15, -0.1) is 0 Å². The molecule has 0 aromatic heterocycles. The first-order valence-corrected chi connectivity index (χ1v) is 7.22. The van der Waals surface area contributed by atoms with E-state index in [1.807, 2.05) is 36.4 Å². The van der Waals surface area contributed by atoms with Crippen LogP contribution in [0.3, 0.4) is 0 Å². The van der Waals surface area contributed by atoms with E-state index in [2.05, 4.69) is 17.4 Å². The molecule has 1 aliphatic rings. The standard InChI is InChI=1S/C18H19NO2/c1-21-16-8-4-5-13(9-16)10-18(20)17-11-14-6-2-3-7-15(14)12-19-17/h2-9,17,19H,10-12H2,1H3. The molecule has 0 saturated carbocycles. The van der Waals surface area contributed by atoms with Crippen molar-refractivity contribution in [2.24, 2.45) is 0 Å². The van der Waals surface area contributed by atoms with E-state index in [4.69, 9.17) is 4.74 Å². The number of Topliss-reactive ketones (excluding diaryl/α,β-unsaturated/α-hetero) is 1. The molecule has 21 heavy (non-hydrogen) atoms. The second-order valence-electron chi connectivity index (χ2n) is 5.40. The predicted molar refractivity (Wildman–Crippen MR) is 82.5 cm³/mol.